The van der Waals surface area contributed by atoms with E-state index in [0.717, 1.165) is 10.0 Å². The molecule has 12 heteroatoms. The number of benzene rings is 2. The summed E-state index contributed by atoms with van der Waals surface area (Å²) >= 11 is 3.39. The molecule has 0 saturated carbocycles. The molecule has 0 fully saturated rings. The minimum absolute atomic E-state index is 0.0290. The Labute approximate surface area is 203 Å². The molecule has 1 unspecified atom stereocenters. The van der Waals surface area contributed by atoms with Gasteiger partial charge in [0.1, 0.15) is 12.4 Å². The van der Waals surface area contributed by atoms with Gasteiger partial charge < -0.3 is 14.7 Å². The first kappa shape index (κ1) is 25.1. The predicted molar refractivity (Wildman–Crippen MR) is 125 cm³/mol. The Morgan fingerprint density at radius 1 is 1.41 bits per heavy atom. The lowest BCUT2D eigenvalue weighted by Crippen LogP contribution is -2.49. The number of alkyl halides is 2. The largest absolute Gasteiger partial charge is 0.435 e. The summed E-state index contributed by atoms with van der Waals surface area (Å²) in [4.78, 5) is 18.2. The van der Waals surface area contributed by atoms with E-state index >= 15 is 0 Å². The van der Waals surface area contributed by atoms with Gasteiger partial charge in [-0.1, -0.05) is 34.1 Å². The Morgan fingerprint density at radius 2 is 2.15 bits per heavy atom. The van der Waals surface area contributed by atoms with Gasteiger partial charge in [-0.15, -0.1) is 0 Å². The zero-order chi connectivity index (χ0) is 24.7. The lowest BCUT2D eigenvalue weighted by Gasteiger charge is -2.28. The minimum Gasteiger partial charge on any atom is -0.435 e. The van der Waals surface area contributed by atoms with Crippen LogP contribution in [0.1, 0.15) is 12.5 Å². The van der Waals surface area contributed by atoms with Crippen molar-refractivity contribution in [2.24, 2.45) is 10.1 Å². The molecule has 2 aromatic carbocycles. The van der Waals surface area contributed by atoms with E-state index in [-0.39, 0.29) is 23.9 Å². The number of hydrazone groups is 1. The van der Waals surface area contributed by atoms with Crippen LogP contribution < -0.4 is 10.1 Å². The van der Waals surface area contributed by atoms with Crippen molar-refractivity contribution in [2.45, 2.75) is 19.6 Å². The summed E-state index contributed by atoms with van der Waals surface area (Å²) in [6.45, 7) is -1.40. The van der Waals surface area contributed by atoms with Crippen LogP contribution in [0.3, 0.4) is 0 Å². The predicted octanol–water partition coefficient (Wildman–Crippen LogP) is 3.04. The number of rotatable bonds is 7. The smallest absolute Gasteiger partial charge is 0.387 e. The Balaban J connectivity index is 2.01. The maximum atomic E-state index is 12.6. The maximum absolute atomic E-state index is 12.6. The second kappa shape index (κ2) is 11.5. The third-order valence-corrected chi connectivity index (χ3v) is 5.42. The first-order valence-electron chi connectivity index (χ1n) is 10.2. The number of halogens is 3. The molecule has 178 valence electrons. The van der Waals surface area contributed by atoms with Crippen LogP contribution in [0.4, 0.5) is 14.5 Å². The van der Waals surface area contributed by atoms with Crippen LogP contribution in [-0.2, 0) is 4.79 Å². The number of guanidine groups is 1. The molecule has 2 N–H and O–H groups in total. The highest BCUT2D eigenvalue weighted by Gasteiger charge is 2.36. The molecule has 0 saturated heterocycles. The first-order chi connectivity index (χ1) is 16.4. The topological polar surface area (TPSA) is 114 Å². The first-order valence-corrected chi connectivity index (χ1v) is 11.0. The number of hydrogen-bond donors (Lipinski definition) is 2. The molecule has 0 aliphatic carbocycles. The number of amides is 1. The number of nitriles is 1. The third kappa shape index (κ3) is 6.06. The number of nitrogens with zero attached hydrogens (tertiary/aromatic N) is 5. The van der Waals surface area contributed by atoms with Gasteiger partial charge in [0.2, 0.25) is 11.9 Å². The monoisotopic (exact) mass is 534 g/mol. The number of hydrogen-bond acceptors (Lipinski definition) is 6. The molecule has 1 atom stereocenters. The molecule has 3 rings (SSSR count). The Morgan fingerprint density at radius 3 is 2.76 bits per heavy atom. The third-order valence-electron chi connectivity index (χ3n) is 4.89. The van der Waals surface area contributed by atoms with Gasteiger partial charge in [-0.25, -0.2) is 10.0 Å². The molecule has 0 radical (unpaired) electrons. The summed E-state index contributed by atoms with van der Waals surface area (Å²) < 4.78 is 30.4. The van der Waals surface area contributed by atoms with E-state index in [2.05, 4.69) is 36.1 Å². The molecular formula is C22H21BrF2N6O3. The number of nitrogens with one attached hydrogen (secondary N) is 1. The molecule has 34 heavy (non-hydrogen) atoms. The van der Waals surface area contributed by atoms with Gasteiger partial charge in [-0.3, -0.25) is 10.1 Å². The summed E-state index contributed by atoms with van der Waals surface area (Å²) in [5.41, 5.74) is 1.53. The van der Waals surface area contributed by atoms with E-state index in [4.69, 9.17) is 0 Å². The molecule has 9 nitrogen and oxygen atoms in total. The van der Waals surface area contributed by atoms with Crippen LogP contribution in [0.15, 0.2) is 63.1 Å². The van der Waals surface area contributed by atoms with Gasteiger partial charge in [0.15, 0.2) is 6.19 Å². The molecule has 0 aromatic heterocycles. The highest BCUT2D eigenvalue weighted by Crippen LogP contribution is 2.24. The highest BCUT2D eigenvalue weighted by molar-refractivity contribution is 9.10. The lowest BCUT2D eigenvalue weighted by atomic mass is 10.0. The maximum Gasteiger partial charge on any atom is 0.387 e. The molecule has 2 aromatic rings. The molecular weight excluding hydrogens is 514 g/mol. The van der Waals surface area contributed by atoms with Gasteiger partial charge >= 0.3 is 6.61 Å². The van der Waals surface area contributed by atoms with Crippen LogP contribution in [-0.4, -0.2) is 64.9 Å². The Kier molecular flexibility index (Phi) is 8.50. The zero-order valence-electron chi connectivity index (χ0n) is 18.0. The standard InChI is InChI=1S/C22H21BrF2N6O3/c1-2-30(19(33)12-32)18-11-31(29-20(18)14-6-8-15(23)9-7-14)22(27-13-26)28-16-4-3-5-17(10-16)34-21(24)25/h3-10,18,21,32H,2,11-12H2,1H3,(H,27,28). The van der Waals surface area contributed by atoms with E-state index in [1.165, 1.54) is 28.1 Å². The second-order valence-corrected chi connectivity index (χ2v) is 7.89. The Hall–Kier alpha value is -3.56. The van der Waals surface area contributed by atoms with Crippen LogP contribution in [0.25, 0.3) is 0 Å². The SMILES string of the molecule is CCN(C(=O)CO)C1CN(C(=Nc2cccc(OC(F)F)c2)NC#N)N=C1c1ccc(Br)cc1. The summed E-state index contributed by atoms with van der Waals surface area (Å²) in [6.07, 6.45) is 1.80. The number of ether oxygens (including phenoxy) is 1. The second-order valence-electron chi connectivity index (χ2n) is 6.98. The Bertz CT molecular complexity index is 1120. The fraction of sp³-hybridized carbons (Fsp3) is 0.273. The summed E-state index contributed by atoms with van der Waals surface area (Å²) in [5.74, 6) is -0.527. The van der Waals surface area contributed by atoms with Crippen LogP contribution in [0, 0.1) is 11.5 Å². The van der Waals surface area contributed by atoms with Crippen molar-refractivity contribution in [3.63, 3.8) is 0 Å². The average molecular weight is 535 g/mol. The number of likely N-dealkylation sites (N-methyl/N-ethyl adjacent to an activating group) is 1. The van der Waals surface area contributed by atoms with Crippen molar-refractivity contribution in [3.05, 3.63) is 58.6 Å². The van der Waals surface area contributed by atoms with Crippen molar-refractivity contribution >= 4 is 39.2 Å². The van der Waals surface area contributed by atoms with Crippen molar-refractivity contribution in [1.29, 1.82) is 5.26 Å². The molecule has 1 amide bonds. The molecule has 1 heterocycles. The van der Waals surface area contributed by atoms with E-state index < -0.39 is 25.2 Å². The van der Waals surface area contributed by atoms with Crippen molar-refractivity contribution in [3.8, 4) is 11.9 Å². The van der Waals surface area contributed by atoms with Crippen LogP contribution in [0.5, 0.6) is 5.75 Å². The molecule has 0 bridgehead atoms. The summed E-state index contributed by atoms with van der Waals surface area (Å²) in [5, 5.41) is 27.2. The number of carbonyl (C=O) groups excluding carboxylic acids is 1. The quantitative estimate of drug-likeness (QED) is 0.244. The van der Waals surface area contributed by atoms with E-state index in [9.17, 15) is 23.9 Å². The number of carbonyl (C=O) groups is 1. The molecule has 0 spiro atoms. The average Bonchev–Trinajstić information content (AvgIpc) is 3.24. The van der Waals surface area contributed by atoms with Gasteiger partial charge in [-0.05, 0) is 31.2 Å². The minimum atomic E-state index is -2.99. The fourth-order valence-corrected chi connectivity index (χ4v) is 3.72. The van der Waals surface area contributed by atoms with E-state index in [1.54, 1.807) is 19.2 Å². The van der Waals surface area contributed by atoms with E-state index in [0.29, 0.717) is 12.3 Å². The molecule has 1 aliphatic rings. The summed E-state index contributed by atoms with van der Waals surface area (Å²) in [6, 6.07) is 12.5. The number of aliphatic hydroxyl groups excluding tert-OH is 1. The van der Waals surface area contributed by atoms with Gasteiger partial charge in [0, 0.05) is 22.6 Å². The number of aliphatic imine (C=N–C) groups is 1. The zero-order valence-corrected chi connectivity index (χ0v) is 19.6. The van der Waals surface area contributed by atoms with Gasteiger partial charge in [0.25, 0.3) is 0 Å². The fourth-order valence-electron chi connectivity index (χ4n) is 3.45. The lowest BCUT2D eigenvalue weighted by molar-refractivity contribution is -0.135. The van der Waals surface area contributed by atoms with Crippen LogP contribution in [0.2, 0.25) is 0 Å². The highest BCUT2D eigenvalue weighted by atomic mass is 79.9. The number of aliphatic hydroxyl groups is 1. The summed E-state index contributed by atoms with van der Waals surface area (Å²) in [7, 11) is 0. The van der Waals surface area contributed by atoms with Crippen LogP contribution >= 0.6 is 15.9 Å². The van der Waals surface area contributed by atoms with Crippen molar-refractivity contribution in [2.75, 3.05) is 19.7 Å². The van der Waals surface area contributed by atoms with E-state index in [1.807, 2.05) is 24.3 Å². The van der Waals surface area contributed by atoms with Gasteiger partial charge in [-0.2, -0.15) is 19.1 Å². The van der Waals surface area contributed by atoms with Crippen molar-refractivity contribution < 1.29 is 23.4 Å². The van der Waals surface area contributed by atoms with Gasteiger partial charge in [0.05, 0.1) is 24.0 Å². The normalized spacial score (nSPS) is 15.7. The van der Waals surface area contributed by atoms with Crippen molar-refractivity contribution in [1.82, 2.24) is 15.2 Å². The molecule has 1 aliphatic heterocycles.